The largest absolute Gasteiger partial charge is 0.380 e. The predicted molar refractivity (Wildman–Crippen MR) is 74.4 cm³/mol. The Hall–Kier alpha value is -0.580. The Morgan fingerprint density at radius 3 is 2.88 bits per heavy atom. The van der Waals surface area contributed by atoms with Crippen LogP contribution in [0.4, 0.5) is 5.69 Å². The van der Waals surface area contributed by atoms with Gasteiger partial charge in [0, 0.05) is 35.9 Å². The first-order chi connectivity index (χ1) is 8.18. The van der Waals surface area contributed by atoms with Gasteiger partial charge in [0.1, 0.15) is 0 Å². The van der Waals surface area contributed by atoms with Crippen molar-refractivity contribution in [2.45, 2.75) is 19.4 Å². The number of benzene rings is 1. The SMILES string of the molecule is CC(N)c1ccc(N2CCCOCC2)cc1Br. The zero-order chi connectivity index (χ0) is 12.3. The van der Waals surface area contributed by atoms with Crippen LogP contribution in [0.25, 0.3) is 0 Å². The van der Waals surface area contributed by atoms with E-state index in [0.29, 0.717) is 0 Å². The Balaban J connectivity index is 2.18. The van der Waals surface area contributed by atoms with Crippen molar-refractivity contribution < 1.29 is 4.74 Å². The molecule has 1 saturated heterocycles. The van der Waals surface area contributed by atoms with Crippen molar-refractivity contribution in [2.24, 2.45) is 5.73 Å². The third-order valence-electron chi connectivity index (χ3n) is 3.06. The van der Waals surface area contributed by atoms with E-state index in [0.717, 1.165) is 42.8 Å². The second kappa shape index (κ2) is 5.85. The minimum Gasteiger partial charge on any atom is -0.380 e. The molecule has 0 aliphatic carbocycles. The fraction of sp³-hybridized carbons (Fsp3) is 0.538. The van der Waals surface area contributed by atoms with E-state index in [-0.39, 0.29) is 6.04 Å². The highest BCUT2D eigenvalue weighted by Crippen LogP contribution is 2.27. The zero-order valence-electron chi connectivity index (χ0n) is 10.2. The number of nitrogens with two attached hydrogens (primary N) is 1. The molecule has 0 radical (unpaired) electrons. The minimum atomic E-state index is 0.0610. The number of ether oxygens (including phenoxy) is 1. The average molecular weight is 299 g/mol. The maximum absolute atomic E-state index is 5.90. The lowest BCUT2D eigenvalue weighted by molar-refractivity contribution is 0.152. The van der Waals surface area contributed by atoms with Crippen molar-refractivity contribution in [1.82, 2.24) is 0 Å². The first kappa shape index (κ1) is 12.9. The molecule has 1 fully saturated rings. The number of hydrogen-bond acceptors (Lipinski definition) is 3. The molecule has 17 heavy (non-hydrogen) atoms. The van der Waals surface area contributed by atoms with Crippen LogP contribution in [0.5, 0.6) is 0 Å². The summed E-state index contributed by atoms with van der Waals surface area (Å²) in [6, 6.07) is 6.47. The maximum Gasteiger partial charge on any atom is 0.0641 e. The lowest BCUT2D eigenvalue weighted by Gasteiger charge is -2.23. The quantitative estimate of drug-likeness (QED) is 0.912. The molecule has 4 heteroatoms. The summed E-state index contributed by atoms with van der Waals surface area (Å²) in [6.45, 7) is 5.70. The van der Waals surface area contributed by atoms with Crippen molar-refractivity contribution in [2.75, 3.05) is 31.2 Å². The van der Waals surface area contributed by atoms with Crippen LogP contribution in [-0.2, 0) is 4.74 Å². The Morgan fingerprint density at radius 1 is 1.35 bits per heavy atom. The van der Waals surface area contributed by atoms with E-state index in [9.17, 15) is 0 Å². The van der Waals surface area contributed by atoms with Crippen molar-refractivity contribution in [3.8, 4) is 0 Å². The number of halogens is 1. The fourth-order valence-electron chi connectivity index (χ4n) is 2.09. The lowest BCUT2D eigenvalue weighted by Crippen LogP contribution is -2.25. The van der Waals surface area contributed by atoms with E-state index in [4.69, 9.17) is 10.5 Å². The maximum atomic E-state index is 5.90. The summed E-state index contributed by atoms with van der Waals surface area (Å²) in [7, 11) is 0. The second-order valence-corrected chi connectivity index (χ2v) is 5.30. The van der Waals surface area contributed by atoms with Crippen LogP contribution in [0.3, 0.4) is 0 Å². The summed E-state index contributed by atoms with van der Waals surface area (Å²) in [5.41, 5.74) is 8.30. The topological polar surface area (TPSA) is 38.5 Å². The highest BCUT2D eigenvalue weighted by molar-refractivity contribution is 9.10. The van der Waals surface area contributed by atoms with Crippen LogP contribution in [0, 0.1) is 0 Å². The first-order valence-electron chi connectivity index (χ1n) is 6.06. The molecule has 1 aliphatic heterocycles. The average Bonchev–Trinajstić information content (AvgIpc) is 2.56. The smallest absolute Gasteiger partial charge is 0.0641 e. The minimum absolute atomic E-state index is 0.0610. The van der Waals surface area contributed by atoms with Crippen molar-refractivity contribution in [1.29, 1.82) is 0 Å². The van der Waals surface area contributed by atoms with Gasteiger partial charge in [0.2, 0.25) is 0 Å². The van der Waals surface area contributed by atoms with Gasteiger partial charge in [0.05, 0.1) is 6.61 Å². The third kappa shape index (κ3) is 3.21. The van der Waals surface area contributed by atoms with E-state index in [1.54, 1.807) is 0 Å². The van der Waals surface area contributed by atoms with Gasteiger partial charge < -0.3 is 15.4 Å². The van der Waals surface area contributed by atoms with E-state index >= 15 is 0 Å². The monoisotopic (exact) mass is 298 g/mol. The molecule has 0 aromatic heterocycles. The zero-order valence-corrected chi connectivity index (χ0v) is 11.7. The summed E-state index contributed by atoms with van der Waals surface area (Å²) in [5.74, 6) is 0. The molecule has 2 N–H and O–H groups in total. The van der Waals surface area contributed by atoms with Gasteiger partial charge in [-0.3, -0.25) is 0 Å². The van der Waals surface area contributed by atoms with Gasteiger partial charge in [-0.1, -0.05) is 22.0 Å². The number of nitrogens with zero attached hydrogens (tertiary/aromatic N) is 1. The van der Waals surface area contributed by atoms with Gasteiger partial charge in [0.15, 0.2) is 0 Å². The molecule has 3 nitrogen and oxygen atoms in total. The van der Waals surface area contributed by atoms with Crippen LogP contribution in [-0.4, -0.2) is 26.3 Å². The molecule has 0 spiro atoms. The van der Waals surface area contributed by atoms with E-state index in [2.05, 4.69) is 39.0 Å². The van der Waals surface area contributed by atoms with Gasteiger partial charge in [0.25, 0.3) is 0 Å². The normalized spacial score (nSPS) is 18.9. The molecule has 0 amide bonds. The highest BCUT2D eigenvalue weighted by atomic mass is 79.9. The van der Waals surface area contributed by atoms with E-state index < -0.39 is 0 Å². The van der Waals surface area contributed by atoms with Gasteiger partial charge >= 0.3 is 0 Å². The summed E-state index contributed by atoms with van der Waals surface area (Å²) in [5, 5.41) is 0. The van der Waals surface area contributed by atoms with Crippen LogP contribution < -0.4 is 10.6 Å². The molecule has 1 aliphatic rings. The molecule has 2 rings (SSSR count). The molecular weight excluding hydrogens is 280 g/mol. The van der Waals surface area contributed by atoms with Gasteiger partial charge in [-0.25, -0.2) is 0 Å². The van der Waals surface area contributed by atoms with Gasteiger partial charge in [-0.05, 0) is 31.0 Å². The standard InChI is InChI=1S/C13H19BrN2O/c1-10(15)12-4-3-11(9-13(12)14)16-5-2-7-17-8-6-16/h3-4,9-10H,2,5-8,15H2,1H3. The molecule has 1 aromatic rings. The second-order valence-electron chi connectivity index (χ2n) is 4.45. The fourth-order valence-corrected chi connectivity index (χ4v) is 2.81. The van der Waals surface area contributed by atoms with E-state index in [1.165, 1.54) is 5.69 Å². The summed E-state index contributed by atoms with van der Waals surface area (Å²) >= 11 is 3.60. The van der Waals surface area contributed by atoms with E-state index in [1.807, 2.05) is 6.92 Å². The summed E-state index contributed by atoms with van der Waals surface area (Å²) in [6.07, 6.45) is 1.09. The number of anilines is 1. The van der Waals surface area contributed by atoms with Crippen molar-refractivity contribution in [3.63, 3.8) is 0 Å². The van der Waals surface area contributed by atoms with Gasteiger partial charge in [-0.15, -0.1) is 0 Å². The summed E-state index contributed by atoms with van der Waals surface area (Å²) < 4.78 is 6.56. The van der Waals surface area contributed by atoms with Crippen LogP contribution in [0.2, 0.25) is 0 Å². The number of rotatable bonds is 2. The van der Waals surface area contributed by atoms with Crippen LogP contribution in [0.1, 0.15) is 24.9 Å². The molecule has 1 aromatic carbocycles. The Bertz CT molecular complexity index is 374. The molecule has 0 bridgehead atoms. The molecule has 0 saturated carbocycles. The highest BCUT2D eigenvalue weighted by Gasteiger charge is 2.12. The van der Waals surface area contributed by atoms with Crippen LogP contribution in [0.15, 0.2) is 22.7 Å². The molecule has 1 unspecified atom stereocenters. The predicted octanol–water partition coefficient (Wildman–Crippen LogP) is 2.70. The summed E-state index contributed by atoms with van der Waals surface area (Å²) in [4.78, 5) is 2.36. The molecule has 1 atom stereocenters. The first-order valence-corrected chi connectivity index (χ1v) is 6.85. The Morgan fingerprint density at radius 2 is 2.18 bits per heavy atom. The van der Waals surface area contributed by atoms with Crippen molar-refractivity contribution in [3.05, 3.63) is 28.2 Å². The molecule has 94 valence electrons. The molecular formula is C13H19BrN2O. The number of hydrogen-bond donors (Lipinski definition) is 1. The molecule has 1 heterocycles. The van der Waals surface area contributed by atoms with Crippen LogP contribution >= 0.6 is 15.9 Å². The van der Waals surface area contributed by atoms with Crippen molar-refractivity contribution >= 4 is 21.6 Å². The Kier molecular flexibility index (Phi) is 4.42. The Labute approximate surface area is 111 Å². The van der Waals surface area contributed by atoms with Gasteiger partial charge in [-0.2, -0.15) is 0 Å². The third-order valence-corrected chi connectivity index (χ3v) is 3.75. The lowest BCUT2D eigenvalue weighted by atomic mass is 10.1.